The van der Waals surface area contributed by atoms with Crippen molar-refractivity contribution in [3.63, 3.8) is 0 Å². The normalized spacial score (nSPS) is 21.7. The van der Waals surface area contributed by atoms with Gasteiger partial charge in [0.1, 0.15) is 31.1 Å². The Bertz CT molecular complexity index is 1160. The molecule has 0 saturated carbocycles. The van der Waals surface area contributed by atoms with E-state index < -0.39 is 17.3 Å². The van der Waals surface area contributed by atoms with Crippen molar-refractivity contribution in [1.82, 2.24) is 29.7 Å². The van der Waals surface area contributed by atoms with Gasteiger partial charge in [-0.25, -0.2) is 29.5 Å². The van der Waals surface area contributed by atoms with Crippen LogP contribution in [0.15, 0.2) is 38.6 Å². The van der Waals surface area contributed by atoms with Gasteiger partial charge in [0.2, 0.25) is 5.88 Å². The van der Waals surface area contributed by atoms with Gasteiger partial charge >= 0.3 is 12.2 Å². The van der Waals surface area contributed by atoms with Crippen LogP contribution in [-0.4, -0.2) is 95.6 Å². The van der Waals surface area contributed by atoms with Crippen molar-refractivity contribution in [2.75, 3.05) is 13.1 Å². The Morgan fingerprint density at radius 3 is 1.53 bits per heavy atom. The Kier molecular flexibility index (Phi) is 14.0. The van der Waals surface area contributed by atoms with E-state index in [2.05, 4.69) is 67.7 Å². The molecule has 0 bridgehead atoms. The molecular weight excluding hydrogens is 756 g/mol. The van der Waals surface area contributed by atoms with Crippen LogP contribution in [0.4, 0.5) is 9.59 Å². The number of aliphatic hydroxyl groups excluding tert-OH is 1. The summed E-state index contributed by atoms with van der Waals surface area (Å²) < 4.78 is 18.5. The molecule has 2 amide bonds. The molecule has 1 N–H and O–H groups in total. The summed E-state index contributed by atoms with van der Waals surface area (Å²) in [5, 5.41) is 9.37. The highest BCUT2D eigenvalue weighted by atomic mass is 79.9. The minimum atomic E-state index is -0.493. The lowest BCUT2D eigenvalue weighted by molar-refractivity contribution is 0.0211. The van der Waals surface area contributed by atoms with Gasteiger partial charge in [0.25, 0.3) is 0 Å². The topological polar surface area (TPSA) is 140 Å². The van der Waals surface area contributed by atoms with Crippen LogP contribution in [0.1, 0.15) is 68.2 Å². The molecule has 0 aromatic carbocycles. The SMILES string of the molecule is Brc1cnc(Br)cn1.C[C@H]1C[C@@H](O)CN1C(=O)OC(C)(C)C.C[C@H]1C[C@@H](Oc2cnc(Br)cn2)CN1C(=O)OC(C)(C)C. The van der Waals surface area contributed by atoms with Crippen molar-refractivity contribution in [3.05, 3.63) is 38.6 Å². The molecule has 43 heavy (non-hydrogen) atoms. The third kappa shape index (κ3) is 14.0. The molecule has 15 heteroatoms. The molecule has 2 fully saturated rings. The van der Waals surface area contributed by atoms with Crippen LogP contribution in [-0.2, 0) is 9.47 Å². The lowest BCUT2D eigenvalue weighted by Gasteiger charge is -2.26. The Labute approximate surface area is 278 Å². The Morgan fingerprint density at radius 2 is 1.16 bits per heavy atom. The lowest BCUT2D eigenvalue weighted by atomic mass is 10.2. The number of amides is 2. The zero-order valence-electron chi connectivity index (χ0n) is 25.8. The van der Waals surface area contributed by atoms with Crippen LogP contribution >= 0.6 is 47.8 Å². The molecular formula is C28H41Br3N6O6. The molecule has 2 aromatic rings. The lowest BCUT2D eigenvalue weighted by Crippen LogP contribution is -2.39. The molecule has 2 saturated heterocycles. The van der Waals surface area contributed by atoms with Gasteiger partial charge in [0.05, 0.1) is 44.0 Å². The number of hydrogen-bond acceptors (Lipinski definition) is 10. The van der Waals surface area contributed by atoms with E-state index in [1.54, 1.807) is 34.6 Å². The van der Waals surface area contributed by atoms with E-state index in [4.69, 9.17) is 14.2 Å². The van der Waals surface area contributed by atoms with E-state index in [1.807, 2.05) is 55.4 Å². The average Bonchev–Trinajstić information content (AvgIpc) is 3.41. The molecule has 0 unspecified atom stereocenters. The zero-order chi connectivity index (χ0) is 32.5. The van der Waals surface area contributed by atoms with Gasteiger partial charge in [-0.2, -0.15) is 0 Å². The van der Waals surface area contributed by atoms with E-state index in [0.29, 0.717) is 30.0 Å². The molecule has 2 aromatic heterocycles. The first-order valence-electron chi connectivity index (χ1n) is 13.8. The highest BCUT2D eigenvalue weighted by Crippen LogP contribution is 2.24. The van der Waals surface area contributed by atoms with Crippen LogP contribution in [0, 0.1) is 0 Å². The fourth-order valence-electron chi connectivity index (χ4n) is 4.05. The number of ether oxygens (including phenoxy) is 3. The van der Waals surface area contributed by atoms with Crippen molar-refractivity contribution < 1.29 is 28.9 Å². The van der Waals surface area contributed by atoms with Crippen molar-refractivity contribution in [3.8, 4) is 5.88 Å². The summed E-state index contributed by atoms with van der Waals surface area (Å²) in [4.78, 5) is 43.0. The van der Waals surface area contributed by atoms with Crippen LogP contribution in [0.3, 0.4) is 0 Å². The number of β-amino-alcohol motifs (C(OH)–C–C–N with tert-alkyl or cyclic N) is 1. The largest absolute Gasteiger partial charge is 0.471 e. The second-order valence-corrected chi connectivity index (χ2v) is 14.6. The third-order valence-corrected chi connectivity index (χ3v) is 7.05. The number of carbonyl (C=O) groups excluding carboxylic acids is 2. The quantitative estimate of drug-likeness (QED) is 0.364. The second kappa shape index (κ2) is 16.3. The smallest absolute Gasteiger partial charge is 0.410 e. The van der Waals surface area contributed by atoms with E-state index in [1.165, 1.54) is 0 Å². The predicted octanol–water partition coefficient (Wildman–Crippen LogP) is 6.39. The minimum Gasteiger partial charge on any atom is -0.471 e. The summed E-state index contributed by atoms with van der Waals surface area (Å²) in [5.41, 5.74) is -0.961. The summed E-state index contributed by atoms with van der Waals surface area (Å²) in [6.07, 6.45) is 6.65. The van der Waals surface area contributed by atoms with E-state index in [-0.39, 0.29) is 30.4 Å². The highest BCUT2D eigenvalue weighted by molar-refractivity contribution is 9.11. The van der Waals surface area contributed by atoms with Gasteiger partial charge in [-0.05, 0) is 110 Å². The molecule has 0 radical (unpaired) electrons. The Morgan fingerprint density at radius 1 is 0.744 bits per heavy atom. The fourth-order valence-corrected chi connectivity index (χ4v) is 4.66. The molecule has 0 aliphatic carbocycles. The van der Waals surface area contributed by atoms with Crippen LogP contribution in [0.25, 0.3) is 0 Å². The summed E-state index contributed by atoms with van der Waals surface area (Å²) in [5.74, 6) is 0.460. The van der Waals surface area contributed by atoms with Crippen LogP contribution in [0.5, 0.6) is 5.88 Å². The summed E-state index contributed by atoms with van der Waals surface area (Å²) >= 11 is 9.53. The number of carbonyl (C=O) groups is 2. The predicted molar refractivity (Wildman–Crippen MR) is 172 cm³/mol. The standard InChI is InChI=1S/C14H20BrN3O3.C10H19NO3.C4H2Br2N2/c1-9-5-10(20-12-7-16-11(15)6-17-12)8-18(9)13(19)21-14(2,3)4;1-7-5-8(12)6-11(7)9(13)14-10(2,3)4;5-3-1-7-4(6)2-8-3/h6-7,9-10H,5,8H2,1-4H3;7-8,12H,5-6H2,1-4H3;1-2H/t9-,10+;7-,8+;/m00./s1. The minimum absolute atomic E-state index is 0.0693. The third-order valence-electron chi connectivity index (χ3n) is 5.82. The van der Waals surface area contributed by atoms with E-state index in [0.717, 1.165) is 15.6 Å². The van der Waals surface area contributed by atoms with Crippen LogP contribution in [0.2, 0.25) is 0 Å². The van der Waals surface area contributed by atoms with Gasteiger partial charge in [-0.3, -0.25) is 0 Å². The molecule has 2 aliphatic rings. The van der Waals surface area contributed by atoms with Crippen molar-refractivity contribution in [2.24, 2.45) is 0 Å². The first-order valence-corrected chi connectivity index (χ1v) is 16.2. The molecule has 0 spiro atoms. The number of rotatable bonds is 2. The van der Waals surface area contributed by atoms with Crippen molar-refractivity contribution in [1.29, 1.82) is 0 Å². The van der Waals surface area contributed by atoms with Gasteiger partial charge in [0, 0.05) is 18.5 Å². The highest BCUT2D eigenvalue weighted by Gasteiger charge is 2.36. The number of aromatic nitrogens is 4. The molecule has 2 aliphatic heterocycles. The van der Waals surface area contributed by atoms with E-state index >= 15 is 0 Å². The summed E-state index contributed by atoms with van der Waals surface area (Å²) in [7, 11) is 0. The number of halogens is 3. The van der Waals surface area contributed by atoms with Gasteiger partial charge in [0.15, 0.2) is 0 Å². The van der Waals surface area contributed by atoms with Gasteiger partial charge in [-0.1, -0.05) is 0 Å². The maximum Gasteiger partial charge on any atom is 0.410 e. The first-order chi connectivity index (χ1) is 19.8. The number of hydrogen-bond donors (Lipinski definition) is 1. The van der Waals surface area contributed by atoms with Gasteiger partial charge < -0.3 is 29.1 Å². The Hall–Kier alpha value is -2.10. The van der Waals surface area contributed by atoms with Crippen molar-refractivity contribution in [2.45, 2.75) is 104 Å². The summed E-state index contributed by atoms with van der Waals surface area (Å²) in [6, 6.07) is 0.146. The fraction of sp³-hybridized carbons (Fsp3) is 0.643. The number of likely N-dealkylation sites (tertiary alicyclic amines) is 2. The monoisotopic (exact) mass is 794 g/mol. The second-order valence-electron chi connectivity index (χ2n) is 12.2. The maximum absolute atomic E-state index is 12.1. The molecule has 12 nitrogen and oxygen atoms in total. The maximum atomic E-state index is 12.1. The number of aliphatic hydroxyl groups is 1. The van der Waals surface area contributed by atoms with Gasteiger partial charge in [-0.15, -0.1) is 0 Å². The molecule has 4 rings (SSSR count). The average molecular weight is 797 g/mol. The Balaban J connectivity index is 0.000000251. The molecule has 4 atom stereocenters. The summed E-state index contributed by atoms with van der Waals surface area (Å²) in [6.45, 7) is 15.9. The molecule has 240 valence electrons. The van der Waals surface area contributed by atoms with Crippen LogP contribution < -0.4 is 4.74 Å². The van der Waals surface area contributed by atoms with Crippen molar-refractivity contribution >= 4 is 60.0 Å². The molecule has 4 heterocycles. The zero-order valence-corrected chi connectivity index (χ0v) is 30.5. The van der Waals surface area contributed by atoms with E-state index in [9.17, 15) is 14.7 Å². The number of nitrogens with zero attached hydrogens (tertiary/aromatic N) is 6. The first kappa shape index (κ1) is 37.1.